The lowest BCUT2D eigenvalue weighted by atomic mass is 10.1. The number of halogens is 3. The maximum Gasteiger partial charge on any atom is 0.337 e. The molecule has 0 aliphatic heterocycles. The number of methoxy groups -OCH3 is 1. The lowest BCUT2D eigenvalue weighted by Gasteiger charge is -2.15. The molecule has 0 saturated carbocycles. The highest BCUT2D eigenvalue weighted by atomic mass is 79.9. The lowest BCUT2D eigenvalue weighted by Crippen LogP contribution is -2.13. The summed E-state index contributed by atoms with van der Waals surface area (Å²) in [5.74, 6) is -0.238. The molecule has 3 aromatic rings. The fraction of sp³-hybridized carbons (Fsp3) is 0.148. The molecule has 0 unspecified atom stereocenters. The fourth-order valence-corrected chi connectivity index (χ4v) is 4.22. The summed E-state index contributed by atoms with van der Waals surface area (Å²) >= 11 is 15.7. The zero-order valence-corrected chi connectivity index (χ0v) is 22.9. The zero-order chi connectivity index (χ0) is 26.9. The van der Waals surface area contributed by atoms with Crippen molar-refractivity contribution >= 4 is 62.8 Å². The van der Waals surface area contributed by atoms with Crippen LogP contribution in [0.1, 0.15) is 28.4 Å². The molecular formula is C27H21BrCl2N2O5. The van der Waals surface area contributed by atoms with Gasteiger partial charge in [0.05, 0.1) is 23.8 Å². The van der Waals surface area contributed by atoms with E-state index in [4.69, 9.17) is 32.7 Å². The minimum Gasteiger partial charge on any atom is -0.490 e. The van der Waals surface area contributed by atoms with E-state index in [1.165, 1.54) is 25.3 Å². The van der Waals surface area contributed by atoms with E-state index in [9.17, 15) is 14.9 Å². The Morgan fingerprint density at radius 2 is 1.81 bits per heavy atom. The van der Waals surface area contributed by atoms with Gasteiger partial charge in [0.15, 0.2) is 11.5 Å². The minimum atomic E-state index is -0.611. The molecule has 1 amide bonds. The van der Waals surface area contributed by atoms with Crippen LogP contribution in [0.3, 0.4) is 0 Å². The summed E-state index contributed by atoms with van der Waals surface area (Å²) in [7, 11) is 1.28. The van der Waals surface area contributed by atoms with Gasteiger partial charge in [-0.3, -0.25) is 4.79 Å². The average molecular weight is 604 g/mol. The highest BCUT2D eigenvalue weighted by Gasteiger charge is 2.16. The van der Waals surface area contributed by atoms with Crippen molar-refractivity contribution in [1.29, 1.82) is 5.26 Å². The second kappa shape index (κ2) is 13.2. The van der Waals surface area contributed by atoms with Crippen molar-refractivity contribution in [3.8, 4) is 17.6 Å². The van der Waals surface area contributed by atoms with Gasteiger partial charge in [0, 0.05) is 21.3 Å². The molecule has 7 nitrogen and oxygen atoms in total. The Morgan fingerprint density at radius 1 is 1.08 bits per heavy atom. The molecule has 0 saturated heterocycles. The van der Waals surface area contributed by atoms with E-state index in [0.29, 0.717) is 49.4 Å². The molecular weight excluding hydrogens is 583 g/mol. The van der Waals surface area contributed by atoms with Gasteiger partial charge in [-0.1, -0.05) is 29.3 Å². The van der Waals surface area contributed by atoms with Crippen LogP contribution in [0.25, 0.3) is 6.08 Å². The number of hydrogen-bond acceptors (Lipinski definition) is 6. The van der Waals surface area contributed by atoms with Crippen LogP contribution in [0.15, 0.2) is 64.6 Å². The Labute approximate surface area is 232 Å². The van der Waals surface area contributed by atoms with Crippen LogP contribution in [0, 0.1) is 11.3 Å². The molecule has 3 rings (SSSR count). The first-order chi connectivity index (χ1) is 17.7. The van der Waals surface area contributed by atoms with E-state index >= 15 is 0 Å². The van der Waals surface area contributed by atoms with Gasteiger partial charge in [-0.15, -0.1) is 0 Å². The van der Waals surface area contributed by atoms with Crippen LogP contribution in [0.4, 0.5) is 5.69 Å². The summed E-state index contributed by atoms with van der Waals surface area (Å²) in [5, 5.41) is 13.2. The summed E-state index contributed by atoms with van der Waals surface area (Å²) in [6.45, 7) is 2.37. The van der Waals surface area contributed by atoms with E-state index in [-0.39, 0.29) is 12.2 Å². The van der Waals surface area contributed by atoms with Crippen molar-refractivity contribution in [3.05, 3.63) is 91.4 Å². The third-order valence-electron chi connectivity index (χ3n) is 4.96. The number of hydrogen-bond donors (Lipinski definition) is 1. The van der Waals surface area contributed by atoms with E-state index in [1.807, 2.05) is 13.0 Å². The monoisotopic (exact) mass is 602 g/mol. The van der Waals surface area contributed by atoms with Crippen LogP contribution in [-0.4, -0.2) is 25.6 Å². The fourth-order valence-electron chi connectivity index (χ4n) is 3.18. The Bertz CT molecular complexity index is 1380. The molecule has 37 heavy (non-hydrogen) atoms. The predicted octanol–water partition coefficient (Wildman–Crippen LogP) is 7.07. The number of esters is 1. The SMILES string of the molecule is CCOc1cc(/C=C(\C#N)C(=O)Nc2ccc(C(=O)OC)cc2)cc(Br)c1OCc1ccc(Cl)cc1Cl. The van der Waals surface area contributed by atoms with Crippen LogP contribution < -0.4 is 14.8 Å². The van der Waals surface area contributed by atoms with Crippen LogP contribution in [0.5, 0.6) is 11.5 Å². The van der Waals surface area contributed by atoms with E-state index < -0.39 is 11.9 Å². The molecule has 3 aromatic carbocycles. The number of carbonyl (C=O) groups excluding carboxylic acids is 2. The van der Waals surface area contributed by atoms with Crippen LogP contribution in [0.2, 0.25) is 10.0 Å². The normalized spacial score (nSPS) is 10.9. The van der Waals surface area contributed by atoms with Gasteiger partial charge in [0.2, 0.25) is 0 Å². The number of nitrogens with zero attached hydrogens (tertiary/aromatic N) is 1. The first-order valence-electron chi connectivity index (χ1n) is 10.9. The molecule has 0 atom stereocenters. The summed E-state index contributed by atoms with van der Waals surface area (Å²) < 4.78 is 16.9. The lowest BCUT2D eigenvalue weighted by molar-refractivity contribution is -0.112. The third-order valence-corrected chi connectivity index (χ3v) is 6.13. The van der Waals surface area contributed by atoms with Gasteiger partial charge in [-0.25, -0.2) is 4.79 Å². The molecule has 0 heterocycles. The van der Waals surface area contributed by atoms with Crippen LogP contribution >= 0.6 is 39.1 Å². The van der Waals surface area contributed by atoms with Crippen LogP contribution in [-0.2, 0) is 16.1 Å². The number of nitriles is 1. The van der Waals surface area contributed by atoms with Gasteiger partial charge in [-0.05, 0) is 83.0 Å². The van der Waals surface area contributed by atoms with Crippen molar-refractivity contribution in [2.45, 2.75) is 13.5 Å². The van der Waals surface area contributed by atoms with Crippen molar-refractivity contribution in [2.75, 3.05) is 19.0 Å². The molecule has 0 radical (unpaired) electrons. The third kappa shape index (κ3) is 7.49. The molecule has 10 heteroatoms. The molecule has 1 N–H and O–H groups in total. The number of ether oxygens (including phenoxy) is 3. The van der Waals surface area contributed by atoms with E-state index in [2.05, 4.69) is 26.0 Å². The standard InChI is InChI=1S/C27H21BrCl2N2O5/c1-3-36-24-12-16(11-22(28)25(24)37-15-18-4-7-20(29)13-23(18)30)10-19(14-31)26(33)32-21-8-5-17(6-9-21)27(34)35-2/h4-13H,3,15H2,1-2H3,(H,32,33)/b19-10+. The molecule has 0 aromatic heterocycles. The number of carbonyl (C=O) groups is 2. The Kier molecular flexibility index (Phi) is 9.98. The number of anilines is 1. The highest BCUT2D eigenvalue weighted by Crippen LogP contribution is 2.38. The molecule has 190 valence electrons. The van der Waals surface area contributed by atoms with Crippen molar-refractivity contribution in [3.63, 3.8) is 0 Å². The molecule has 0 fully saturated rings. The van der Waals surface area contributed by atoms with Gasteiger partial charge < -0.3 is 19.5 Å². The first-order valence-corrected chi connectivity index (χ1v) is 12.4. The minimum absolute atomic E-state index is 0.131. The van der Waals surface area contributed by atoms with E-state index in [1.54, 1.807) is 42.5 Å². The molecule has 0 aliphatic carbocycles. The van der Waals surface area contributed by atoms with Gasteiger partial charge in [-0.2, -0.15) is 5.26 Å². The predicted molar refractivity (Wildman–Crippen MR) is 146 cm³/mol. The number of amides is 1. The average Bonchev–Trinajstić information content (AvgIpc) is 2.87. The maximum absolute atomic E-state index is 12.7. The van der Waals surface area contributed by atoms with Crippen molar-refractivity contribution in [2.24, 2.45) is 0 Å². The first kappa shape index (κ1) is 28.1. The number of benzene rings is 3. The number of rotatable bonds is 9. The Morgan fingerprint density at radius 3 is 2.43 bits per heavy atom. The quantitative estimate of drug-likeness (QED) is 0.160. The summed E-state index contributed by atoms with van der Waals surface area (Å²) in [5.41, 5.74) is 1.91. The summed E-state index contributed by atoms with van der Waals surface area (Å²) in [6.07, 6.45) is 1.44. The van der Waals surface area contributed by atoms with Gasteiger partial charge >= 0.3 is 5.97 Å². The Hall–Kier alpha value is -3.51. The smallest absolute Gasteiger partial charge is 0.337 e. The topological polar surface area (TPSA) is 97.7 Å². The zero-order valence-electron chi connectivity index (χ0n) is 19.8. The summed E-state index contributed by atoms with van der Waals surface area (Å²) in [6, 6.07) is 16.5. The van der Waals surface area contributed by atoms with Gasteiger partial charge in [0.1, 0.15) is 18.2 Å². The molecule has 0 spiro atoms. The largest absolute Gasteiger partial charge is 0.490 e. The highest BCUT2D eigenvalue weighted by molar-refractivity contribution is 9.10. The van der Waals surface area contributed by atoms with Crippen molar-refractivity contribution in [1.82, 2.24) is 0 Å². The van der Waals surface area contributed by atoms with Crippen molar-refractivity contribution < 1.29 is 23.8 Å². The van der Waals surface area contributed by atoms with E-state index in [0.717, 1.165) is 5.56 Å². The second-order valence-corrected chi connectivity index (χ2v) is 9.18. The number of nitrogens with one attached hydrogen (secondary N) is 1. The maximum atomic E-state index is 12.7. The Balaban J connectivity index is 1.82. The van der Waals surface area contributed by atoms with Gasteiger partial charge in [0.25, 0.3) is 5.91 Å². The molecule has 0 bridgehead atoms. The summed E-state index contributed by atoms with van der Waals surface area (Å²) in [4.78, 5) is 24.3. The molecule has 0 aliphatic rings. The second-order valence-electron chi connectivity index (χ2n) is 7.48.